The normalized spacial score (nSPS) is 20.9. The van der Waals surface area contributed by atoms with E-state index in [9.17, 15) is 13.2 Å². The van der Waals surface area contributed by atoms with Crippen molar-refractivity contribution in [3.8, 4) is 0 Å². The van der Waals surface area contributed by atoms with Crippen molar-refractivity contribution in [2.24, 2.45) is 0 Å². The fraction of sp³-hybridized carbons (Fsp3) is 0.500. The highest BCUT2D eigenvalue weighted by atomic mass is 35.5. The van der Waals surface area contributed by atoms with E-state index in [2.05, 4.69) is 0 Å². The van der Waals surface area contributed by atoms with Crippen LogP contribution in [0.3, 0.4) is 0 Å². The molecule has 122 valence electrons. The van der Waals surface area contributed by atoms with Crippen LogP contribution < -0.4 is 0 Å². The second-order valence-corrected chi connectivity index (χ2v) is 7.86. The molecule has 22 heavy (non-hydrogen) atoms. The van der Waals surface area contributed by atoms with E-state index in [0.717, 1.165) is 5.56 Å². The highest BCUT2D eigenvalue weighted by Gasteiger charge is 2.44. The first kappa shape index (κ1) is 17.1. The zero-order valence-corrected chi connectivity index (χ0v) is 14.1. The Balaban J connectivity index is 2.24. The molecule has 1 fully saturated rings. The molecule has 6 nitrogen and oxygen atoms in total. The molecule has 0 aromatic heterocycles. The van der Waals surface area contributed by atoms with Gasteiger partial charge in [0.1, 0.15) is 5.60 Å². The smallest absolute Gasteiger partial charge is 0.426 e. The van der Waals surface area contributed by atoms with Gasteiger partial charge in [0.15, 0.2) is 0 Å². The Labute approximate surface area is 135 Å². The molecule has 1 amide bonds. The summed E-state index contributed by atoms with van der Waals surface area (Å²) in [5.41, 5.74) is -0.0622. The van der Waals surface area contributed by atoms with Crippen molar-refractivity contribution in [1.82, 2.24) is 4.31 Å². The molecular weight excluding hydrogens is 330 g/mol. The Morgan fingerprint density at radius 2 is 2.05 bits per heavy atom. The summed E-state index contributed by atoms with van der Waals surface area (Å²) >= 11 is 6.08. The molecule has 0 saturated carbocycles. The third-order valence-electron chi connectivity index (χ3n) is 2.97. The SMILES string of the molecule is CC(C)(C)OC(=O)N1[C@@H](Cc2ccccc2Cl)COS1(=O)=O. The predicted molar refractivity (Wildman–Crippen MR) is 81.9 cm³/mol. The van der Waals surface area contributed by atoms with Gasteiger partial charge in [-0.1, -0.05) is 29.8 Å². The number of ether oxygens (including phenoxy) is 1. The average Bonchev–Trinajstić information content (AvgIpc) is 2.65. The van der Waals surface area contributed by atoms with Crippen LogP contribution in [0.5, 0.6) is 0 Å². The fourth-order valence-electron chi connectivity index (χ4n) is 2.08. The lowest BCUT2D eigenvalue weighted by molar-refractivity contribution is 0.0357. The van der Waals surface area contributed by atoms with Gasteiger partial charge in [-0.05, 0) is 38.8 Å². The summed E-state index contributed by atoms with van der Waals surface area (Å²) in [6.45, 7) is 4.87. The highest BCUT2D eigenvalue weighted by molar-refractivity contribution is 7.85. The van der Waals surface area contributed by atoms with E-state index in [0.29, 0.717) is 9.33 Å². The number of carbonyl (C=O) groups is 1. The van der Waals surface area contributed by atoms with Crippen molar-refractivity contribution in [2.75, 3.05) is 6.61 Å². The van der Waals surface area contributed by atoms with Crippen LogP contribution in [-0.4, -0.2) is 37.1 Å². The molecule has 2 rings (SSSR count). The van der Waals surface area contributed by atoms with Crippen LogP contribution in [0.25, 0.3) is 0 Å². The molecule has 0 spiro atoms. The summed E-state index contributed by atoms with van der Waals surface area (Å²) in [6.07, 6.45) is -0.680. The molecule has 0 bridgehead atoms. The van der Waals surface area contributed by atoms with Crippen LogP contribution in [0.4, 0.5) is 4.79 Å². The average molecular weight is 348 g/mol. The predicted octanol–water partition coefficient (Wildman–Crippen LogP) is 2.76. The van der Waals surface area contributed by atoms with Crippen molar-refractivity contribution in [3.63, 3.8) is 0 Å². The van der Waals surface area contributed by atoms with Crippen LogP contribution in [0.1, 0.15) is 26.3 Å². The summed E-state index contributed by atoms with van der Waals surface area (Å²) < 4.78 is 34.5. The van der Waals surface area contributed by atoms with Crippen LogP contribution in [0, 0.1) is 0 Å². The van der Waals surface area contributed by atoms with Crippen molar-refractivity contribution in [1.29, 1.82) is 0 Å². The zero-order chi connectivity index (χ0) is 16.5. The highest BCUT2D eigenvalue weighted by Crippen LogP contribution is 2.27. The topological polar surface area (TPSA) is 72.9 Å². The van der Waals surface area contributed by atoms with E-state index in [1.165, 1.54) is 0 Å². The molecule has 1 atom stereocenters. The first-order valence-electron chi connectivity index (χ1n) is 6.75. The number of hydrogen-bond donors (Lipinski definition) is 0. The molecule has 0 unspecified atom stereocenters. The first-order valence-corrected chi connectivity index (χ1v) is 8.49. The van der Waals surface area contributed by atoms with Gasteiger partial charge in [0.25, 0.3) is 0 Å². The Morgan fingerprint density at radius 3 is 2.64 bits per heavy atom. The maximum absolute atomic E-state index is 12.2. The first-order chi connectivity index (χ1) is 10.1. The summed E-state index contributed by atoms with van der Waals surface area (Å²) in [5, 5.41) is 0.510. The molecule has 1 aromatic carbocycles. The number of rotatable bonds is 2. The summed E-state index contributed by atoms with van der Waals surface area (Å²) in [4.78, 5) is 12.2. The number of hydrogen-bond acceptors (Lipinski definition) is 5. The molecule has 1 aromatic rings. The molecule has 1 aliphatic rings. The van der Waals surface area contributed by atoms with E-state index in [1.54, 1.807) is 45.0 Å². The van der Waals surface area contributed by atoms with E-state index in [-0.39, 0.29) is 13.0 Å². The van der Waals surface area contributed by atoms with Gasteiger partial charge in [-0.3, -0.25) is 4.18 Å². The minimum absolute atomic E-state index is 0.118. The van der Waals surface area contributed by atoms with E-state index in [4.69, 9.17) is 20.5 Å². The largest absolute Gasteiger partial charge is 0.443 e. The second-order valence-electron chi connectivity index (χ2n) is 5.97. The van der Waals surface area contributed by atoms with Gasteiger partial charge < -0.3 is 4.74 Å². The summed E-state index contributed by atoms with van der Waals surface area (Å²) in [5.74, 6) is 0. The Kier molecular flexibility index (Phi) is 4.70. The number of halogens is 1. The fourth-order valence-corrected chi connectivity index (χ4v) is 3.45. The summed E-state index contributed by atoms with van der Waals surface area (Å²) in [7, 11) is -4.13. The van der Waals surface area contributed by atoms with Crippen molar-refractivity contribution in [3.05, 3.63) is 34.9 Å². The molecule has 1 saturated heterocycles. The van der Waals surface area contributed by atoms with Crippen molar-refractivity contribution in [2.45, 2.75) is 38.8 Å². The molecule has 8 heteroatoms. The number of carbonyl (C=O) groups excluding carboxylic acids is 1. The molecule has 0 aliphatic carbocycles. The van der Waals surface area contributed by atoms with Crippen LogP contribution in [0.2, 0.25) is 5.02 Å². The molecule has 0 N–H and O–H groups in total. The maximum atomic E-state index is 12.2. The second kappa shape index (κ2) is 6.06. The van der Waals surface area contributed by atoms with Gasteiger partial charge in [-0.15, -0.1) is 0 Å². The Hall–Kier alpha value is -1.31. The third-order valence-corrected chi connectivity index (χ3v) is 4.70. The maximum Gasteiger partial charge on any atom is 0.426 e. The van der Waals surface area contributed by atoms with E-state index >= 15 is 0 Å². The number of nitrogens with zero attached hydrogens (tertiary/aromatic N) is 1. The minimum Gasteiger partial charge on any atom is -0.443 e. The molecular formula is C14H18ClNO5S. The van der Waals surface area contributed by atoms with Crippen LogP contribution in [-0.2, 0) is 25.6 Å². The van der Waals surface area contributed by atoms with Gasteiger partial charge >= 0.3 is 16.4 Å². The van der Waals surface area contributed by atoms with E-state index < -0.39 is 28.0 Å². The standard InChI is InChI=1S/C14H18ClNO5S/c1-14(2,3)21-13(17)16-11(9-20-22(16,18)19)8-10-6-4-5-7-12(10)15/h4-7,11H,8-9H2,1-3H3/t11-/m0/s1. The molecule has 1 aliphatic heterocycles. The lowest BCUT2D eigenvalue weighted by Crippen LogP contribution is -2.43. The Bertz CT molecular complexity index is 668. The lowest BCUT2D eigenvalue weighted by atomic mass is 10.1. The van der Waals surface area contributed by atoms with Crippen molar-refractivity contribution >= 4 is 28.0 Å². The van der Waals surface area contributed by atoms with E-state index in [1.807, 2.05) is 0 Å². The molecule has 1 heterocycles. The van der Waals surface area contributed by atoms with Gasteiger partial charge in [0, 0.05) is 5.02 Å². The number of amides is 1. The molecule has 0 radical (unpaired) electrons. The third kappa shape index (κ3) is 3.91. The number of benzene rings is 1. The van der Waals surface area contributed by atoms with Crippen LogP contribution >= 0.6 is 11.6 Å². The van der Waals surface area contributed by atoms with Crippen LogP contribution in [0.15, 0.2) is 24.3 Å². The monoisotopic (exact) mass is 347 g/mol. The van der Waals surface area contributed by atoms with Gasteiger partial charge in [-0.25, -0.2) is 4.79 Å². The van der Waals surface area contributed by atoms with Gasteiger partial charge in [0.2, 0.25) is 0 Å². The van der Waals surface area contributed by atoms with Gasteiger partial charge in [0.05, 0.1) is 12.6 Å². The zero-order valence-electron chi connectivity index (χ0n) is 12.6. The minimum atomic E-state index is -4.13. The lowest BCUT2D eigenvalue weighted by Gasteiger charge is -2.26. The Morgan fingerprint density at radius 1 is 1.41 bits per heavy atom. The van der Waals surface area contributed by atoms with Crippen molar-refractivity contribution < 1.29 is 22.1 Å². The summed E-state index contributed by atoms with van der Waals surface area (Å²) in [6, 6.07) is 6.38. The quantitative estimate of drug-likeness (QED) is 0.822. The van der Waals surface area contributed by atoms with Gasteiger partial charge in [-0.2, -0.15) is 12.7 Å².